The first-order chi connectivity index (χ1) is 8.61. The van der Waals surface area contributed by atoms with Gasteiger partial charge in [-0.15, -0.1) is 0 Å². The first kappa shape index (κ1) is 12.7. The Morgan fingerprint density at radius 2 is 2.06 bits per heavy atom. The molecule has 0 saturated carbocycles. The lowest BCUT2D eigenvalue weighted by Gasteiger charge is -2.28. The number of nitrogens with zero attached hydrogens (tertiary/aromatic N) is 2. The zero-order chi connectivity index (χ0) is 13.1. The highest BCUT2D eigenvalue weighted by Gasteiger charge is 2.21. The van der Waals surface area contributed by atoms with E-state index in [0.717, 1.165) is 13.1 Å². The molecule has 0 amide bonds. The molecule has 1 unspecified atom stereocenters. The van der Waals surface area contributed by atoms with E-state index in [9.17, 15) is 0 Å². The van der Waals surface area contributed by atoms with Crippen molar-refractivity contribution >= 4 is 11.7 Å². The lowest BCUT2D eigenvalue weighted by molar-refractivity contribution is 0.313. The van der Waals surface area contributed by atoms with Crippen LogP contribution in [0.5, 0.6) is 0 Å². The van der Waals surface area contributed by atoms with Crippen LogP contribution >= 0.6 is 0 Å². The third kappa shape index (κ3) is 2.58. The lowest BCUT2D eigenvalue weighted by atomic mass is 10.1. The summed E-state index contributed by atoms with van der Waals surface area (Å²) in [7, 11) is 0. The SMILES string of the molecule is CCN(CC1COC(N)=N1)c1c(C)cccc1C. The molecule has 0 bridgehead atoms. The zero-order valence-electron chi connectivity index (χ0n) is 11.3. The van der Waals surface area contributed by atoms with E-state index in [2.05, 4.69) is 48.9 Å². The van der Waals surface area contributed by atoms with E-state index in [1.807, 2.05) is 0 Å². The number of hydrogen-bond donors (Lipinski definition) is 1. The van der Waals surface area contributed by atoms with Crippen molar-refractivity contribution in [3.63, 3.8) is 0 Å². The van der Waals surface area contributed by atoms with Crippen LogP contribution in [0.3, 0.4) is 0 Å². The van der Waals surface area contributed by atoms with Gasteiger partial charge in [-0.05, 0) is 31.9 Å². The topological polar surface area (TPSA) is 50.9 Å². The number of ether oxygens (including phenoxy) is 1. The van der Waals surface area contributed by atoms with Crippen LogP contribution in [0.4, 0.5) is 5.69 Å². The fourth-order valence-corrected chi connectivity index (χ4v) is 2.47. The second-order valence-corrected chi connectivity index (χ2v) is 4.71. The molecule has 1 heterocycles. The average molecular weight is 247 g/mol. The number of amidine groups is 1. The first-order valence-corrected chi connectivity index (χ1v) is 6.39. The Morgan fingerprint density at radius 3 is 2.56 bits per heavy atom. The maximum absolute atomic E-state index is 5.55. The minimum Gasteiger partial charge on any atom is -0.463 e. The predicted molar refractivity (Wildman–Crippen MR) is 75.2 cm³/mol. The van der Waals surface area contributed by atoms with Crippen LogP contribution in [0, 0.1) is 13.8 Å². The van der Waals surface area contributed by atoms with Crippen LogP contribution in [0.15, 0.2) is 23.2 Å². The van der Waals surface area contributed by atoms with Crippen LogP contribution in [0.25, 0.3) is 0 Å². The van der Waals surface area contributed by atoms with E-state index < -0.39 is 0 Å². The summed E-state index contributed by atoms with van der Waals surface area (Å²) in [5.74, 6) is 0. The number of anilines is 1. The first-order valence-electron chi connectivity index (χ1n) is 6.39. The molecule has 2 N–H and O–H groups in total. The summed E-state index contributed by atoms with van der Waals surface area (Å²) in [5, 5.41) is 0. The number of hydrogen-bond acceptors (Lipinski definition) is 4. The molecule has 4 heteroatoms. The van der Waals surface area contributed by atoms with Gasteiger partial charge in [0.05, 0.1) is 0 Å². The molecule has 1 aromatic carbocycles. The molecule has 1 aliphatic heterocycles. The van der Waals surface area contributed by atoms with Crippen molar-refractivity contribution in [3.05, 3.63) is 29.3 Å². The standard InChI is InChI=1S/C14H21N3O/c1-4-17(8-12-9-18-14(15)16-12)13-10(2)6-5-7-11(13)3/h5-7,12H,4,8-9H2,1-3H3,(H2,15,16). The van der Waals surface area contributed by atoms with Crippen molar-refractivity contribution in [2.75, 3.05) is 24.6 Å². The summed E-state index contributed by atoms with van der Waals surface area (Å²) in [4.78, 5) is 6.64. The molecular weight excluding hydrogens is 226 g/mol. The fraction of sp³-hybridized carbons (Fsp3) is 0.500. The maximum atomic E-state index is 5.55. The average Bonchev–Trinajstić information content (AvgIpc) is 2.73. The highest BCUT2D eigenvalue weighted by Crippen LogP contribution is 2.25. The number of nitrogens with two attached hydrogens (primary N) is 1. The minimum absolute atomic E-state index is 0.143. The van der Waals surface area contributed by atoms with Crippen molar-refractivity contribution in [2.24, 2.45) is 10.7 Å². The molecular formula is C14H21N3O. The molecule has 0 saturated heterocycles. The summed E-state index contributed by atoms with van der Waals surface area (Å²) >= 11 is 0. The molecule has 1 atom stereocenters. The highest BCUT2D eigenvalue weighted by atomic mass is 16.5. The Balaban J connectivity index is 2.18. The van der Waals surface area contributed by atoms with Gasteiger partial charge in [0.2, 0.25) is 0 Å². The molecule has 0 fully saturated rings. The largest absolute Gasteiger partial charge is 0.463 e. The van der Waals surface area contributed by atoms with Crippen molar-refractivity contribution < 1.29 is 4.74 Å². The van der Waals surface area contributed by atoms with E-state index in [1.165, 1.54) is 16.8 Å². The molecule has 2 rings (SSSR count). The van der Waals surface area contributed by atoms with Crippen molar-refractivity contribution in [3.8, 4) is 0 Å². The number of aryl methyl sites for hydroxylation is 2. The smallest absolute Gasteiger partial charge is 0.282 e. The maximum Gasteiger partial charge on any atom is 0.282 e. The van der Waals surface area contributed by atoms with Gasteiger partial charge in [-0.25, -0.2) is 4.99 Å². The predicted octanol–water partition coefficient (Wildman–Crippen LogP) is 1.84. The van der Waals surface area contributed by atoms with E-state index in [-0.39, 0.29) is 6.04 Å². The molecule has 1 aromatic rings. The Labute approximate surface area is 108 Å². The van der Waals surface area contributed by atoms with Gasteiger partial charge in [-0.1, -0.05) is 18.2 Å². The summed E-state index contributed by atoms with van der Waals surface area (Å²) in [6, 6.07) is 6.85. The highest BCUT2D eigenvalue weighted by molar-refractivity contribution is 5.73. The normalized spacial score (nSPS) is 18.4. The lowest BCUT2D eigenvalue weighted by Crippen LogP contribution is -2.33. The summed E-state index contributed by atoms with van der Waals surface area (Å²) in [5.41, 5.74) is 9.45. The Hall–Kier alpha value is -1.71. The number of likely N-dealkylation sites (N-methyl/N-ethyl adjacent to an activating group) is 1. The van der Waals surface area contributed by atoms with Crippen LogP contribution in [-0.2, 0) is 4.74 Å². The van der Waals surface area contributed by atoms with Gasteiger partial charge >= 0.3 is 0 Å². The number of benzene rings is 1. The molecule has 98 valence electrons. The fourth-order valence-electron chi connectivity index (χ4n) is 2.47. The monoisotopic (exact) mass is 247 g/mol. The second-order valence-electron chi connectivity index (χ2n) is 4.71. The third-order valence-electron chi connectivity index (χ3n) is 3.30. The van der Waals surface area contributed by atoms with E-state index in [1.54, 1.807) is 0 Å². The van der Waals surface area contributed by atoms with Crippen LogP contribution < -0.4 is 10.6 Å². The van der Waals surface area contributed by atoms with Gasteiger partial charge in [0.25, 0.3) is 6.02 Å². The van der Waals surface area contributed by atoms with Crippen LogP contribution in [-0.4, -0.2) is 31.8 Å². The van der Waals surface area contributed by atoms with Crippen molar-refractivity contribution in [1.82, 2.24) is 0 Å². The molecule has 0 radical (unpaired) electrons. The molecule has 0 spiro atoms. The summed E-state index contributed by atoms with van der Waals surface area (Å²) in [6.07, 6.45) is 0. The van der Waals surface area contributed by atoms with Gasteiger partial charge in [0.15, 0.2) is 0 Å². The summed E-state index contributed by atoms with van der Waals surface area (Å²) < 4.78 is 5.21. The number of rotatable bonds is 4. The molecule has 0 aromatic heterocycles. The Bertz CT molecular complexity index is 436. The molecule has 1 aliphatic rings. The van der Waals surface area contributed by atoms with Crippen molar-refractivity contribution in [2.45, 2.75) is 26.8 Å². The Morgan fingerprint density at radius 1 is 1.39 bits per heavy atom. The van der Waals surface area contributed by atoms with E-state index in [4.69, 9.17) is 10.5 Å². The van der Waals surface area contributed by atoms with Crippen LogP contribution in [0.1, 0.15) is 18.1 Å². The van der Waals surface area contributed by atoms with Crippen LogP contribution in [0.2, 0.25) is 0 Å². The third-order valence-corrected chi connectivity index (χ3v) is 3.30. The second kappa shape index (κ2) is 5.29. The zero-order valence-corrected chi connectivity index (χ0v) is 11.3. The van der Waals surface area contributed by atoms with E-state index >= 15 is 0 Å². The van der Waals surface area contributed by atoms with Gasteiger partial charge in [-0.3, -0.25) is 0 Å². The number of para-hydroxylation sites is 1. The molecule has 18 heavy (non-hydrogen) atoms. The van der Waals surface area contributed by atoms with Gasteiger partial charge < -0.3 is 15.4 Å². The van der Waals surface area contributed by atoms with Gasteiger partial charge in [0, 0.05) is 18.8 Å². The number of aliphatic imine (C=N–C) groups is 1. The molecule has 4 nitrogen and oxygen atoms in total. The van der Waals surface area contributed by atoms with Crippen molar-refractivity contribution in [1.29, 1.82) is 0 Å². The summed E-state index contributed by atoms with van der Waals surface area (Å²) in [6.45, 7) is 8.85. The van der Waals surface area contributed by atoms with Gasteiger partial charge in [-0.2, -0.15) is 0 Å². The quantitative estimate of drug-likeness (QED) is 0.883. The molecule has 0 aliphatic carbocycles. The van der Waals surface area contributed by atoms with E-state index in [0.29, 0.717) is 12.6 Å². The minimum atomic E-state index is 0.143. The van der Waals surface area contributed by atoms with Gasteiger partial charge in [0.1, 0.15) is 12.6 Å². The Kier molecular flexibility index (Phi) is 3.75.